The van der Waals surface area contributed by atoms with Gasteiger partial charge in [0, 0.05) is 39.3 Å². The minimum atomic E-state index is -4.00. The van der Waals surface area contributed by atoms with Crippen molar-refractivity contribution in [2.24, 2.45) is 0 Å². The Bertz CT molecular complexity index is 366. The summed E-state index contributed by atoms with van der Waals surface area (Å²) in [7, 11) is -4.00. The largest absolute Gasteiger partial charge is 0.295 e. The van der Waals surface area contributed by atoms with Crippen molar-refractivity contribution in [1.82, 2.24) is 0 Å². The first-order valence-corrected chi connectivity index (χ1v) is 5.21. The molecule has 0 aromatic carbocycles. The van der Waals surface area contributed by atoms with Crippen molar-refractivity contribution < 1.29 is 13.0 Å². The molecule has 0 unspecified atom stereocenters. The van der Waals surface area contributed by atoms with E-state index in [2.05, 4.69) is 0 Å². The summed E-state index contributed by atoms with van der Waals surface area (Å²) in [6.07, 6.45) is 0. The molecule has 0 amide bonds. The fraction of sp³-hybridized carbons (Fsp3) is 0.333. The van der Waals surface area contributed by atoms with Crippen LogP contribution >= 0.6 is 11.3 Å². The van der Waals surface area contributed by atoms with E-state index < -0.39 is 10.1 Å². The molecule has 63 valence electrons. The first-order valence-electron chi connectivity index (χ1n) is 2.96. The van der Waals surface area contributed by atoms with E-state index in [4.69, 9.17) is 4.55 Å². The number of hydrogen-bond acceptors (Lipinski definition) is 3. The monoisotopic (exact) mass is 215 g/mol. The maximum absolute atomic E-state index is 10.6. The van der Waals surface area contributed by atoms with Gasteiger partial charge in [-0.05, 0) is 19.9 Å². The summed E-state index contributed by atoms with van der Waals surface area (Å²) in [4.78, 5) is 1.54. The molecule has 1 N–H and O–H groups in total. The van der Waals surface area contributed by atoms with Gasteiger partial charge in [0.05, 0.1) is 0 Å². The van der Waals surface area contributed by atoms with Gasteiger partial charge in [0.15, 0.2) is 0 Å². The molecule has 1 radical (unpaired) electrons. The molecule has 0 atom stereocenters. The van der Waals surface area contributed by atoms with Crippen molar-refractivity contribution in [2.75, 3.05) is 0 Å². The fourth-order valence-electron chi connectivity index (χ4n) is 0.864. The summed E-state index contributed by atoms with van der Waals surface area (Å²) >= 11 is 1.36. The van der Waals surface area contributed by atoms with Crippen molar-refractivity contribution in [1.29, 1.82) is 0 Å². The summed E-state index contributed by atoms with van der Waals surface area (Å²) in [6, 6.07) is 1.47. The third kappa shape index (κ3) is 2.83. The van der Waals surface area contributed by atoms with Crippen molar-refractivity contribution in [3.8, 4) is 0 Å². The van der Waals surface area contributed by atoms with Crippen LogP contribution in [0.1, 0.15) is 9.75 Å². The normalized spacial score (nSPS) is 10.9. The minimum Gasteiger partial charge on any atom is -0.282 e. The smallest absolute Gasteiger partial charge is 0.282 e. The summed E-state index contributed by atoms with van der Waals surface area (Å²) < 4.78 is 29.9. The average molecular weight is 215 g/mol. The second-order valence-electron chi connectivity index (χ2n) is 2.25. The number of rotatable bonds is 1. The number of aryl methyl sites for hydroxylation is 2. The molecule has 0 fully saturated rings. The topological polar surface area (TPSA) is 54.4 Å². The average Bonchev–Trinajstić information content (AvgIpc) is 2.08. The molecule has 6 heteroatoms. The van der Waals surface area contributed by atoms with Gasteiger partial charge in [-0.3, -0.25) is 4.55 Å². The van der Waals surface area contributed by atoms with E-state index in [0.717, 1.165) is 4.88 Å². The van der Waals surface area contributed by atoms with Crippen LogP contribution in [0.15, 0.2) is 11.0 Å². The van der Waals surface area contributed by atoms with E-state index >= 15 is 0 Å². The summed E-state index contributed by atoms with van der Waals surface area (Å²) in [5.74, 6) is 0. The zero-order valence-corrected chi connectivity index (χ0v) is 10.8. The van der Waals surface area contributed by atoms with Gasteiger partial charge in [-0.25, -0.2) is 0 Å². The van der Waals surface area contributed by atoms with Crippen LogP contribution in [0.2, 0.25) is 0 Å². The SMILES string of the molecule is Cc1cc(S(=O)(=O)O)c(C)s1.[Na]. The standard InChI is InChI=1S/C6H8O3S2.Na/c1-4-3-6(5(2)10-4)11(7,8)9;/h3H,1-2H3,(H,7,8,9);. The van der Waals surface area contributed by atoms with Gasteiger partial charge in [-0.2, -0.15) is 8.42 Å². The van der Waals surface area contributed by atoms with E-state index in [-0.39, 0.29) is 34.5 Å². The number of thiophene rings is 1. The molecule has 0 aliphatic heterocycles. The summed E-state index contributed by atoms with van der Waals surface area (Å²) in [5, 5.41) is 0. The van der Waals surface area contributed by atoms with Crippen LogP contribution in [-0.2, 0) is 10.1 Å². The van der Waals surface area contributed by atoms with E-state index in [1.807, 2.05) is 0 Å². The predicted molar refractivity (Wildman–Crippen MR) is 49.4 cm³/mol. The van der Waals surface area contributed by atoms with Crippen molar-refractivity contribution in [3.63, 3.8) is 0 Å². The molecule has 1 aromatic rings. The third-order valence-corrected chi connectivity index (χ3v) is 3.35. The molecule has 1 heterocycles. The zero-order valence-electron chi connectivity index (χ0n) is 7.16. The predicted octanol–water partition coefficient (Wildman–Crippen LogP) is 1.23. The maximum Gasteiger partial charge on any atom is 0.295 e. The van der Waals surface area contributed by atoms with Gasteiger partial charge in [0.25, 0.3) is 10.1 Å². The molecule has 0 bridgehead atoms. The van der Waals surface area contributed by atoms with Crippen LogP contribution in [0, 0.1) is 13.8 Å². The summed E-state index contributed by atoms with van der Waals surface area (Å²) in [6.45, 7) is 3.47. The van der Waals surface area contributed by atoms with E-state index in [1.165, 1.54) is 17.4 Å². The molecular weight excluding hydrogens is 207 g/mol. The van der Waals surface area contributed by atoms with E-state index in [9.17, 15) is 8.42 Å². The van der Waals surface area contributed by atoms with Gasteiger partial charge in [0.2, 0.25) is 0 Å². The van der Waals surface area contributed by atoms with E-state index in [1.54, 1.807) is 13.8 Å². The number of hydrogen-bond donors (Lipinski definition) is 1. The van der Waals surface area contributed by atoms with Crippen molar-refractivity contribution in [2.45, 2.75) is 18.7 Å². The molecule has 0 saturated heterocycles. The Hall–Kier alpha value is 0.610. The van der Waals surface area contributed by atoms with Crippen LogP contribution in [0.4, 0.5) is 0 Å². The van der Waals surface area contributed by atoms with E-state index in [0.29, 0.717) is 4.88 Å². The second-order valence-corrected chi connectivity index (χ2v) is 5.10. The van der Waals surface area contributed by atoms with Crippen LogP contribution in [0.5, 0.6) is 0 Å². The maximum atomic E-state index is 10.6. The van der Waals surface area contributed by atoms with Gasteiger partial charge in [-0.1, -0.05) is 0 Å². The Labute approximate surface area is 97.8 Å². The molecule has 12 heavy (non-hydrogen) atoms. The zero-order chi connectivity index (χ0) is 8.65. The Kier molecular flexibility index (Phi) is 4.43. The Morgan fingerprint density at radius 3 is 2.08 bits per heavy atom. The van der Waals surface area contributed by atoms with Crippen LogP contribution in [0.25, 0.3) is 0 Å². The quantitative estimate of drug-likeness (QED) is 0.566. The Morgan fingerprint density at radius 2 is 1.92 bits per heavy atom. The fourth-order valence-corrected chi connectivity index (χ4v) is 2.89. The molecule has 1 rings (SSSR count). The molecule has 0 aliphatic carbocycles. The van der Waals surface area contributed by atoms with Crippen LogP contribution in [-0.4, -0.2) is 42.5 Å². The summed E-state index contributed by atoms with van der Waals surface area (Å²) in [5.41, 5.74) is 0. The first-order chi connectivity index (χ1) is 4.91. The Balaban J connectivity index is 0.00000121. The van der Waals surface area contributed by atoms with Gasteiger partial charge >= 0.3 is 0 Å². The van der Waals surface area contributed by atoms with Crippen molar-refractivity contribution in [3.05, 3.63) is 15.8 Å². The second kappa shape index (κ2) is 4.21. The minimum absolute atomic E-state index is 0. The molecule has 0 saturated carbocycles. The molecule has 3 nitrogen and oxygen atoms in total. The van der Waals surface area contributed by atoms with Gasteiger partial charge in [-0.15, -0.1) is 11.3 Å². The Morgan fingerprint density at radius 1 is 1.42 bits per heavy atom. The van der Waals surface area contributed by atoms with Crippen LogP contribution < -0.4 is 0 Å². The molecule has 0 spiro atoms. The third-order valence-electron chi connectivity index (χ3n) is 1.27. The molecular formula is C6H8NaO3S2. The van der Waals surface area contributed by atoms with Gasteiger partial charge < -0.3 is 0 Å². The van der Waals surface area contributed by atoms with Gasteiger partial charge in [0.1, 0.15) is 4.90 Å². The molecule has 1 aromatic heterocycles. The van der Waals surface area contributed by atoms with Crippen LogP contribution in [0.3, 0.4) is 0 Å². The van der Waals surface area contributed by atoms with Crippen molar-refractivity contribution >= 4 is 51.0 Å². The molecule has 0 aliphatic rings. The first kappa shape index (κ1) is 12.6.